The highest BCUT2D eigenvalue weighted by Crippen LogP contribution is 2.35. The van der Waals surface area contributed by atoms with E-state index in [0.717, 1.165) is 11.9 Å². The number of ether oxygens (including phenoxy) is 1. The van der Waals surface area contributed by atoms with Crippen molar-refractivity contribution >= 4 is 11.9 Å². The largest absolute Gasteiger partial charge is 0.373 e. The van der Waals surface area contributed by atoms with Gasteiger partial charge in [0.15, 0.2) is 0 Å². The zero-order valence-corrected chi connectivity index (χ0v) is 10.7. The van der Waals surface area contributed by atoms with E-state index in [9.17, 15) is 0 Å². The van der Waals surface area contributed by atoms with Crippen molar-refractivity contribution in [1.29, 1.82) is 0 Å². The van der Waals surface area contributed by atoms with E-state index in [4.69, 9.17) is 4.74 Å². The summed E-state index contributed by atoms with van der Waals surface area (Å²) >= 11 is 1.82. The highest BCUT2D eigenvalue weighted by atomic mass is 32.2. The first-order valence-corrected chi connectivity index (χ1v) is 6.35. The topological polar surface area (TPSA) is 12.5 Å². The molecule has 0 aliphatic carbocycles. The van der Waals surface area contributed by atoms with Crippen LogP contribution in [0, 0.1) is 11.3 Å². The molecule has 0 aromatic rings. The van der Waals surface area contributed by atoms with Gasteiger partial charge in [-0.1, -0.05) is 32.7 Å². The first-order valence-electron chi connectivity index (χ1n) is 5.41. The number of nitrogens with zero attached hydrogens (tertiary/aromatic N) is 1. The van der Waals surface area contributed by atoms with Gasteiger partial charge in [0.25, 0.3) is 0 Å². The maximum absolute atomic E-state index is 5.06. The Bertz CT molecular complexity index is 159. The van der Waals surface area contributed by atoms with Gasteiger partial charge in [-0.25, -0.2) is 4.31 Å². The van der Waals surface area contributed by atoms with Gasteiger partial charge in [-0.3, -0.25) is 0 Å². The van der Waals surface area contributed by atoms with E-state index >= 15 is 0 Å². The van der Waals surface area contributed by atoms with Gasteiger partial charge < -0.3 is 4.74 Å². The number of hydrogen-bond acceptors (Lipinski definition) is 3. The van der Waals surface area contributed by atoms with Gasteiger partial charge in [0, 0.05) is 20.2 Å². The van der Waals surface area contributed by atoms with Crippen molar-refractivity contribution in [1.82, 2.24) is 4.31 Å². The van der Waals surface area contributed by atoms with Crippen molar-refractivity contribution < 1.29 is 4.74 Å². The number of piperidine rings is 1. The van der Waals surface area contributed by atoms with Crippen molar-refractivity contribution in [2.75, 3.05) is 26.1 Å². The Morgan fingerprint density at radius 1 is 1.29 bits per heavy atom. The lowest BCUT2D eigenvalue weighted by atomic mass is 9.76. The molecule has 1 saturated heterocycles. The summed E-state index contributed by atoms with van der Waals surface area (Å²) in [5.41, 5.74) is 0.484. The molecule has 2 nitrogen and oxygen atoms in total. The lowest BCUT2D eigenvalue weighted by Gasteiger charge is -2.38. The van der Waals surface area contributed by atoms with Crippen LogP contribution in [0.15, 0.2) is 0 Å². The van der Waals surface area contributed by atoms with Gasteiger partial charge in [-0.05, 0) is 24.2 Å². The standard InChI is InChI=1S/C11H23NOS/c1-11(2,3)10-5-7-12(8-6-10)14-9-13-4/h10H,5-9H2,1-4H3. The minimum atomic E-state index is 0.484. The molecule has 1 heterocycles. The maximum Gasteiger partial charge on any atom is 0.106 e. The van der Waals surface area contributed by atoms with Crippen LogP contribution in [0.4, 0.5) is 0 Å². The molecule has 0 unspecified atom stereocenters. The molecular formula is C11H23NOS. The quantitative estimate of drug-likeness (QED) is 0.532. The van der Waals surface area contributed by atoms with E-state index in [1.54, 1.807) is 7.11 Å². The van der Waals surface area contributed by atoms with Crippen LogP contribution >= 0.6 is 11.9 Å². The Morgan fingerprint density at radius 3 is 2.29 bits per heavy atom. The van der Waals surface area contributed by atoms with Crippen LogP contribution in [0.1, 0.15) is 33.6 Å². The lowest BCUT2D eigenvalue weighted by molar-refractivity contribution is 0.157. The van der Waals surface area contributed by atoms with E-state index in [-0.39, 0.29) is 0 Å². The molecule has 1 rings (SSSR count). The summed E-state index contributed by atoms with van der Waals surface area (Å²) in [7, 11) is 1.76. The van der Waals surface area contributed by atoms with Crippen LogP contribution in [0.25, 0.3) is 0 Å². The first-order chi connectivity index (χ1) is 6.54. The third-order valence-corrected chi connectivity index (χ3v) is 4.10. The van der Waals surface area contributed by atoms with Crippen LogP contribution in [0.3, 0.4) is 0 Å². The Labute approximate surface area is 92.5 Å². The van der Waals surface area contributed by atoms with Gasteiger partial charge in [-0.2, -0.15) is 0 Å². The molecule has 0 saturated carbocycles. The van der Waals surface area contributed by atoms with Crippen LogP contribution in [0.2, 0.25) is 0 Å². The highest BCUT2D eigenvalue weighted by Gasteiger charge is 2.28. The summed E-state index contributed by atoms with van der Waals surface area (Å²) in [6.07, 6.45) is 2.67. The van der Waals surface area contributed by atoms with Crippen molar-refractivity contribution in [3.63, 3.8) is 0 Å². The van der Waals surface area contributed by atoms with Crippen LogP contribution in [-0.4, -0.2) is 30.4 Å². The fourth-order valence-electron chi connectivity index (χ4n) is 1.98. The molecule has 0 aromatic carbocycles. The molecule has 1 fully saturated rings. The molecule has 1 aliphatic heterocycles. The minimum Gasteiger partial charge on any atom is -0.373 e. The molecular weight excluding hydrogens is 194 g/mol. The second-order valence-electron chi connectivity index (χ2n) is 5.10. The first kappa shape index (κ1) is 12.3. The van der Waals surface area contributed by atoms with E-state index < -0.39 is 0 Å². The average Bonchev–Trinajstić information content (AvgIpc) is 2.14. The SMILES string of the molecule is COCSN1CCC(C(C)(C)C)CC1. The van der Waals surface area contributed by atoms with E-state index in [1.165, 1.54) is 25.9 Å². The van der Waals surface area contributed by atoms with E-state index in [0.29, 0.717) is 5.41 Å². The van der Waals surface area contributed by atoms with Crippen molar-refractivity contribution in [3.05, 3.63) is 0 Å². The van der Waals surface area contributed by atoms with Crippen molar-refractivity contribution in [3.8, 4) is 0 Å². The maximum atomic E-state index is 5.06. The minimum absolute atomic E-state index is 0.484. The van der Waals surface area contributed by atoms with Crippen LogP contribution < -0.4 is 0 Å². The molecule has 84 valence electrons. The Morgan fingerprint density at radius 2 is 1.86 bits per heavy atom. The second-order valence-corrected chi connectivity index (χ2v) is 6.12. The summed E-state index contributed by atoms with van der Waals surface area (Å²) in [6.45, 7) is 9.51. The van der Waals surface area contributed by atoms with Crippen molar-refractivity contribution in [2.24, 2.45) is 11.3 Å². The van der Waals surface area contributed by atoms with E-state index in [2.05, 4.69) is 25.1 Å². The lowest BCUT2D eigenvalue weighted by Crippen LogP contribution is -2.34. The van der Waals surface area contributed by atoms with Gasteiger partial charge in [-0.15, -0.1) is 0 Å². The van der Waals surface area contributed by atoms with Gasteiger partial charge >= 0.3 is 0 Å². The third kappa shape index (κ3) is 3.79. The molecule has 14 heavy (non-hydrogen) atoms. The zero-order valence-electron chi connectivity index (χ0n) is 9.88. The fourth-order valence-corrected chi connectivity index (χ4v) is 2.70. The van der Waals surface area contributed by atoms with Gasteiger partial charge in [0.1, 0.15) is 5.94 Å². The molecule has 0 radical (unpaired) electrons. The smallest absolute Gasteiger partial charge is 0.106 e. The summed E-state index contributed by atoms with van der Waals surface area (Å²) < 4.78 is 7.50. The molecule has 0 spiro atoms. The molecule has 0 amide bonds. The summed E-state index contributed by atoms with van der Waals surface area (Å²) in [5.74, 6) is 1.68. The molecule has 0 aromatic heterocycles. The Hall–Kier alpha value is 0.270. The Balaban J connectivity index is 2.24. The number of rotatable bonds is 3. The average molecular weight is 217 g/mol. The van der Waals surface area contributed by atoms with Gasteiger partial charge in [0.2, 0.25) is 0 Å². The van der Waals surface area contributed by atoms with E-state index in [1.807, 2.05) is 11.9 Å². The molecule has 0 bridgehead atoms. The number of methoxy groups -OCH3 is 1. The third-order valence-electron chi connectivity index (χ3n) is 3.03. The molecule has 3 heteroatoms. The van der Waals surface area contributed by atoms with Crippen molar-refractivity contribution in [2.45, 2.75) is 33.6 Å². The predicted molar refractivity (Wildman–Crippen MR) is 63.2 cm³/mol. The second kappa shape index (κ2) is 5.38. The molecule has 0 atom stereocenters. The van der Waals surface area contributed by atoms with Gasteiger partial charge in [0.05, 0.1) is 0 Å². The monoisotopic (exact) mass is 217 g/mol. The summed E-state index contributed by atoms with van der Waals surface area (Å²) in [6, 6.07) is 0. The van der Waals surface area contributed by atoms with Crippen LogP contribution in [0.5, 0.6) is 0 Å². The fraction of sp³-hybridized carbons (Fsp3) is 1.00. The molecule has 0 N–H and O–H groups in total. The summed E-state index contributed by atoms with van der Waals surface area (Å²) in [5, 5.41) is 0. The Kier molecular flexibility index (Phi) is 4.74. The summed E-state index contributed by atoms with van der Waals surface area (Å²) in [4.78, 5) is 0. The normalized spacial score (nSPS) is 21.4. The highest BCUT2D eigenvalue weighted by molar-refractivity contribution is 7.96. The van der Waals surface area contributed by atoms with Crippen LogP contribution in [-0.2, 0) is 4.74 Å². The number of hydrogen-bond donors (Lipinski definition) is 0. The predicted octanol–water partition coefficient (Wildman–Crippen LogP) is 3.00. The zero-order chi connectivity index (χ0) is 10.6. The molecule has 1 aliphatic rings.